The van der Waals surface area contributed by atoms with Crippen LogP contribution in [0.25, 0.3) is 0 Å². The van der Waals surface area contributed by atoms with Crippen LogP contribution in [0.5, 0.6) is 0 Å². The Morgan fingerprint density at radius 2 is 2.38 bits per heavy atom. The molecule has 0 saturated heterocycles. The second-order valence-electron chi connectivity index (χ2n) is 3.52. The third-order valence-electron chi connectivity index (χ3n) is 2.10. The standard InChI is InChI=1S/C11H20N4S/c1-3-6-13-11(12)14-7-5-10-15-8-9(4-2)16-10/h8H,3-7H2,1-2H3,(H3,12,13,14). The van der Waals surface area contributed by atoms with E-state index in [1.807, 2.05) is 6.20 Å². The molecule has 1 aromatic heterocycles. The van der Waals surface area contributed by atoms with Crippen molar-refractivity contribution in [2.75, 3.05) is 13.1 Å². The van der Waals surface area contributed by atoms with Crippen molar-refractivity contribution in [1.82, 2.24) is 10.3 Å². The van der Waals surface area contributed by atoms with E-state index in [0.29, 0.717) is 5.96 Å². The SMILES string of the molecule is CCCN=C(N)NCCc1ncc(CC)s1. The first kappa shape index (κ1) is 13.0. The van der Waals surface area contributed by atoms with E-state index < -0.39 is 0 Å². The first-order valence-corrected chi connectivity index (χ1v) is 6.55. The molecule has 0 spiro atoms. The Kier molecular flexibility index (Phi) is 5.85. The van der Waals surface area contributed by atoms with Crippen LogP contribution in [-0.2, 0) is 12.8 Å². The second-order valence-corrected chi connectivity index (χ2v) is 4.72. The van der Waals surface area contributed by atoms with E-state index in [-0.39, 0.29) is 0 Å². The largest absolute Gasteiger partial charge is 0.370 e. The lowest BCUT2D eigenvalue weighted by molar-refractivity contribution is 0.834. The highest BCUT2D eigenvalue weighted by Crippen LogP contribution is 2.13. The number of nitrogens with one attached hydrogen (secondary N) is 1. The third-order valence-corrected chi connectivity index (χ3v) is 3.30. The number of hydrogen-bond acceptors (Lipinski definition) is 3. The number of guanidine groups is 1. The topological polar surface area (TPSA) is 63.3 Å². The summed E-state index contributed by atoms with van der Waals surface area (Å²) in [6, 6.07) is 0. The summed E-state index contributed by atoms with van der Waals surface area (Å²) in [7, 11) is 0. The molecule has 0 aliphatic rings. The average molecular weight is 240 g/mol. The molecule has 16 heavy (non-hydrogen) atoms. The highest BCUT2D eigenvalue weighted by molar-refractivity contribution is 7.11. The van der Waals surface area contributed by atoms with Gasteiger partial charge in [0.2, 0.25) is 0 Å². The molecule has 0 aliphatic carbocycles. The minimum Gasteiger partial charge on any atom is -0.370 e. The molecule has 5 heteroatoms. The maximum atomic E-state index is 5.68. The zero-order valence-corrected chi connectivity index (χ0v) is 10.8. The average Bonchev–Trinajstić information content (AvgIpc) is 2.74. The van der Waals surface area contributed by atoms with Crippen LogP contribution in [0.2, 0.25) is 0 Å². The zero-order valence-electron chi connectivity index (χ0n) is 9.99. The smallest absolute Gasteiger partial charge is 0.188 e. The zero-order chi connectivity index (χ0) is 11.8. The van der Waals surface area contributed by atoms with Crippen LogP contribution >= 0.6 is 11.3 Å². The minimum atomic E-state index is 0.536. The number of hydrogen-bond donors (Lipinski definition) is 2. The number of rotatable bonds is 6. The van der Waals surface area contributed by atoms with Crippen LogP contribution in [0.1, 0.15) is 30.2 Å². The van der Waals surface area contributed by atoms with Gasteiger partial charge in [-0.2, -0.15) is 0 Å². The van der Waals surface area contributed by atoms with Crippen molar-refractivity contribution in [3.05, 3.63) is 16.1 Å². The van der Waals surface area contributed by atoms with Gasteiger partial charge in [0.25, 0.3) is 0 Å². The van der Waals surface area contributed by atoms with Crippen LogP contribution in [0.3, 0.4) is 0 Å². The first-order valence-electron chi connectivity index (χ1n) is 5.73. The van der Waals surface area contributed by atoms with Gasteiger partial charge in [-0.25, -0.2) is 4.98 Å². The highest BCUT2D eigenvalue weighted by Gasteiger charge is 2.00. The van der Waals surface area contributed by atoms with Crippen molar-refractivity contribution in [1.29, 1.82) is 0 Å². The van der Waals surface area contributed by atoms with E-state index in [0.717, 1.165) is 37.4 Å². The number of aliphatic imine (C=N–C) groups is 1. The summed E-state index contributed by atoms with van der Waals surface area (Å²) in [4.78, 5) is 9.84. The third kappa shape index (κ3) is 4.61. The van der Waals surface area contributed by atoms with E-state index >= 15 is 0 Å². The summed E-state index contributed by atoms with van der Waals surface area (Å²) in [5.41, 5.74) is 5.68. The number of aryl methyl sites for hydroxylation is 1. The molecule has 0 radical (unpaired) electrons. The summed E-state index contributed by atoms with van der Waals surface area (Å²) < 4.78 is 0. The minimum absolute atomic E-state index is 0.536. The van der Waals surface area contributed by atoms with E-state index in [9.17, 15) is 0 Å². The normalized spacial score (nSPS) is 11.8. The summed E-state index contributed by atoms with van der Waals surface area (Å²) in [6.45, 7) is 5.81. The molecule has 0 aliphatic heterocycles. The van der Waals surface area contributed by atoms with Crippen LogP contribution in [0.4, 0.5) is 0 Å². The van der Waals surface area contributed by atoms with Crippen LogP contribution in [0.15, 0.2) is 11.2 Å². The predicted molar refractivity (Wildman–Crippen MR) is 70.0 cm³/mol. The molecule has 0 amide bonds. The molecule has 0 bridgehead atoms. The van der Waals surface area contributed by atoms with Crippen molar-refractivity contribution in [3.8, 4) is 0 Å². The fourth-order valence-corrected chi connectivity index (χ4v) is 2.07. The van der Waals surface area contributed by atoms with Crippen molar-refractivity contribution in [2.45, 2.75) is 33.1 Å². The lowest BCUT2D eigenvalue weighted by atomic mass is 10.4. The molecule has 3 N–H and O–H groups in total. The molecule has 0 unspecified atom stereocenters. The molecule has 4 nitrogen and oxygen atoms in total. The van der Waals surface area contributed by atoms with Gasteiger partial charge < -0.3 is 11.1 Å². The van der Waals surface area contributed by atoms with Gasteiger partial charge in [-0.3, -0.25) is 4.99 Å². The molecule has 1 rings (SSSR count). The van der Waals surface area contributed by atoms with Gasteiger partial charge in [0.1, 0.15) is 0 Å². The molecule has 90 valence electrons. The van der Waals surface area contributed by atoms with Gasteiger partial charge in [0, 0.05) is 30.6 Å². The lowest BCUT2D eigenvalue weighted by Crippen LogP contribution is -2.33. The molecular formula is C11H20N4S. The molecule has 1 heterocycles. The predicted octanol–water partition coefficient (Wildman–Crippen LogP) is 1.56. The van der Waals surface area contributed by atoms with Gasteiger partial charge in [-0.15, -0.1) is 11.3 Å². The number of nitrogens with zero attached hydrogens (tertiary/aromatic N) is 2. The second kappa shape index (κ2) is 7.22. The Morgan fingerprint density at radius 1 is 1.56 bits per heavy atom. The summed E-state index contributed by atoms with van der Waals surface area (Å²) in [6.07, 6.45) is 4.95. The van der Waals surface area contributed by atoms with Crippen LogP contribution < -0.4 is 11.1 Å². The molecule has 0 saturated carbocycles. The Labute approximate surface area is 101 Å². The Bertz CT molecular complexity index is 332. The van der Waals surface area contributed by atoms with Gasteiger partial charge in [-0.1, -0.05) is 13.8 Å². The molecule has 0 atom stereocenters. The van der Waals surface area contributed by atoms with E-state index in [4.69, 9.17) is 5.73 Å². The van der Waals surface area contributed by atoms with Gasteiger partial charge >= 0.3 is 0 Å². The van der Waals surface area contributed by atoms with Gasteiger partial charge in [0.05, 0.1) is 5.01 Å². The van der Waals surface area contributed by atoms with Crippen molar-refractivity contribution >= 4 is 17.3 Å². The summed E-state index contributed by atoms with van der Waals surface area (Å²) in [5.74, 6) is 0.536. The van der Waals surface area contributed by atoms with Gasteiger partial charge in [0.15, 0.2) is 5.96 Å². The van der Waals surface area contributed by atoms with Crippen molar-refractivity contribution < 1.29 is 0 Å². The van der Waals surface area contributed by atoms with E-state index in [1.165, 1.54) is 4.88 Å². The van der Waals surface area contributed by atoms with E-state index in [1.54, 1.807) is 11.3 Å². The molecular weight excluding hydrogens is 220 g/mol. The molecule has 0 fully saturated rings. The Balaban J connectivity index is 2.24. The molecule has 1 aromatic rings. The van der Waals surface area contributed by atoms with Crippen LogP contribution in [0, 0.1) is 0 Å². The quantitative estimate of drug-likeness (QED) is 0.586. The number of aromatic nitrogens is 1. The first-order chi connectivity index (χ1) is 7.76. The Hall–Kier alpha value is -1.10. The summed E-state index contributed by atoms with van der Waals surface area (Å²) in [5, 5.41) is 4.25. The maximum absolute atomic E-state index is 5.68. The monoisotopic (exact) mass is 240 g/mol. The number of nitrogens with two attached hydrogens (primary N) is 1. The Morgan fingerprint density at radius 3 is 3.00 bits per heavy atom. The fraction of sp³-hybridized carbons (Fsp3) is 0.636. The van der Waals surface area contributed by atoms with Crippen LogP contribution in [-0.4, -0.2) is 24.0 Å². The maximum Gasteiger partial charge on any atom is 0.188 e. The van der Waals surface area contributed by atoms with Gasteiger partial charge in [-0.05, 0) is 12.8 Å². The van der Waals surface area contributed by atoms with Crippen molar-refractivity contribution in [3.63, 3.8) is 0 Å². The number of thiazole rings is 1. The summed E-state index contributed by atoms with van der Waals surface area (Å²) >= 11 is 1.77. The van der Waals surface area contributed by atoms with Crippen molar-refractivity contribution in [2.24, 2.45) is 10.7 Å². The lowest BCUT2D eigenvalue weighted by Gasteiger charge is -2.03. The fourth-order valence-electron chi connectivity index (χ4n) is 1.21. The van der Waals surface area contributed by atoms with E-state index in [2.05, 4.69) is 29.1 Å². The molecule has 0 aromatic carbocycles. The highest BCUT2D eigenvalue weighted by atomic mass is 32.1.